The lowest BCUT2D eigenvalue weighted by atomic mass is 10.2. The van der Waals surface area contributed by atoms with Crippen LogP contribution in [-0.4, -0.2) is 33.9 Å². The number of hydrogen-bond acceptors (Lipinski definition) is 5. The summed E-state index contributed by atoms with van der Waals surface area (Å²) in [6.07, 6.45) is 1.52. The number of fused-ring (bicyclic) bond motifs is 1. The molecular formula is C12H11IN4O3. The summed E-state index contributed by atoms with van der Waals surface area (Å²) in [5.41, 5.74) is 0.661. The summed E-state index contributed by atoms with van der Waals surface area (Å²) in [5.74, 6) is 1.16. The van der Waals surface area contributed by atoms with Gasteiger partial charge in [0, 0.05) is 34.3 Å². The quantitative estimate of drug-likeness (QED) is 0.805. The fraction of sp³-hybridized carbons (Fsp3) is 0.250. The molecule has 0 saturated carbocycles. The Kier molecular flexibility index (Phi) is 3.72. The van der Waals surface area contributed by atoms with Crippen LogP contribution in [0.25, 0.3) is 0 Å². The predicted molar refractivity (Wildman–Crippen MR) is 78.8 cm³/mol. The number of carbonyl (C=O) groups is 1. The minimum Gasteiger partial charge on any atom is -0.486 e. The SMILES string of the molecule is O=C(Cn1cnc(I)n1)Nc1ccc2c(c1)OCCO2. The van der Waals surface area contributed by atoms with Crippen molar-refractivity contribution in [1.82, 2.24) is 14.8 Å². The Labute approximate surface area is 128 Å². The summed E-state index contributed by atoms with van der Waals surface area (Å²) < 4.78 is 13.0. The van der Waals surface area contributed by atoms with Crippen molar-refractivity contribution < 1.29 is 14.3 Å². The largest absolute Gasteiger partial charge is 0.486 e. The maximum absolute atomic E-state index is 11.9. The molecule has 1 aliphatic heterocycles. The van der Waals surface area contributed by atoms with Crippen LogP contribution in [0.15, 0.2) is 24.5 Å². The topological polar surface area (TPSA) is 78.3 Å². The Balaban J connectivity index is 1.66. The van der Waals surface area contributed by atoms with Crippen LogP contribution in [0, 0.1) is 3.83 Å². The second kappa shape index (κ2) is 5.65. The predicted octanol–water partition coefficient (Wildman–Crippen LogP) is 1.29. The normalized spacial score (nSPS) is 13.1. The van der Waals surface area contributed by atoms with Crippen LogP contribution in [0.2, 0.25) is 0 Å². The van der Waals surface area contributed by atoms with Gasteiger partial charge in [0.1, 0.15) is 26.1 Å². The number of ether oxygens (including phenoxy) is 2. The average Bonchev–Trinajstić information content (AvgIpc) is 2.83. The highest BCUT2D eigenvalue weighted by Gasteiger charge is 2.13. The van der Waals surface area contributed by atoms with Crippen LogP contribution < -0.4 is 14.8 Å². The van der Waals surface area contributed by atoms with Gasteiger partial charge in [0.25, 0.3) is 0 Å². The molecule has 0 spiro atoms. The van der Waals surface area contributed by atoms with E-state index in [0.717, 1.165) is 0 Å². The van der Waals surface area contributed by atoms with Gasteiger partial charge in [0.2, 0.25) is 9.74 Å². The highest BCUT2D eigenvalue weighted by Crippen LogP contribution is 2.32. The van der Waals surface area contributed by atoms with E-state index in [2.05, 4.69) is 15.4 Å². The van der Waals surface area contributed by atoms with E-state index in [1.807, 2.05) is 22.6 Å². The molecule has 0 atom stereocenters. The van der Waals surface area contributed by atoms with Crippen molar-refractivity contribution in [2.75, 3.05) is 18.5 Å². The van der Waals surface area contributed by atoms with E-state index in [1.165, 1.54) is 11.0 Å². The molecule has 7 nitrogen and oxygen atoms in total. The Hall–Kier alpha value is -1.84. The van der Waals surface area contributed by atoms with Crippen LogP contribution in [-0.2, 0) is 11.3 Å². The third-order valence-corrected chi connectivity index (χ3v) is 3.13. The molecule has 1 aromatic carbocycles. The van der Waals surface area contributed by atoms with Crippen molar-refractivity contribution in [1.29, 1.82) is 0 Å². The zero-order valence-electron chi connectivity index (χ0n) is 10.4. The van der Waals surface area contributed by atoms with Gasteiger partial charge >= 0.3 is 0 Å². The first-order chi connectivity index (χ1) is 9.70. The number of benzene rings is 1. The van der Waals surface area contributed by atoms with Crippen molar-refractivity contribution in [2.45, 2.75) is 6.54 Å². The number of carbonyl (C=O) groups excluding carboxylic acids is 1. The van der Waals surface area contributed by atoms with Crippen LogP contribution >= 0.6 is 22.6 Å². The molecule has 0 bridgehead atoms. The van der Waals surface area contributed by atoms with Crippen LogP contribution in [0.5, 0.6) is 11.5 Å². The maximum Gasteiger partial charge on any atom is 0.246 e. The summed E-state index contributed by atoms with van der Waals surface area (Å²) >= 11 is 1.99. The Morgan fingerprint density at radius 2 is 2.15 bits per heavy atom. The maximum atomic E-state index is 11.9. The summed E-state index contributed by atoms with van der Waals surface area (Å²) in [4.78, 5) is 15.8. The molecule has 104 valence electrons. The molecule has 1 N–H and O–H groups in total. The summed E-state index contributed by atoms with van der Waals surface area (Å²) in [5, 5.41) is 6.83. The van der Waals surface area contributed by atoms with Crippen molar-refractivity contribution in [3.63, 3.8) is 0 Å². The van der Waals surface area contributed by atoms with Gasteiger partial charge in [0.15, 0.2) is 11.5 Å². The van der Waals surface area contributed by atoms with Gasteiger partial charge in [-0.05, 0) is 12.1 Å². The van der Waals surface area contributed by atoms with E-state index < -0.39 is 0 Å². The van der Waals surface area contributed by atoms with Crippen molar-refractivity contribution in [3.05, 3.63) is 28.4 Å². The monoisotopic (exact) mass is 386 g/mol. The number of rotatable bonds is 3. The molecule has 0 saturated heterocycles. The van der Waals surface area contributed by atoms with E-state index >= 15 is 0 Å². The molecule has 2 heterocycles. The van der Waals surface area contributed by atoms with Gasteiger partial charge in [-0.25, -0.2) is 9.67 Å². The molecule has 3 rings (SSSR count). The second-order valence-electron chi connectivity index (χ2n) is 4.12. The molecule has 1 aromatic heterocycles. The first kappa shape index (κ1) is 13.2. The lowest BCUT2D eigenvalue weighted by Gasteiger charge is -2.18. The molecule has 1 amide bonds. The molecular weight excluding hydrogens is 375 g/mol. The Morgan fingerprint density at radius 1 is 1.35 bits per heavy atom. The highest BCUT2D eigenvalue weighted by molar-refractivity contribution is 14.1. The second-order valence-corrected chi connectivity index (χ2v) is 5.08. The zero-order valence-corrected chi connectivity index (χ0v) is 12.5. The lowest BCUT2D eigenvalue weighted by Crippen LogP contribution is -2.20. The van der Waals surface area contributed by atoms with Gasteiger partial charge in [-0.3, -0.25) is 4.79 Å². The molecule has 0 fully saturated rings. The smallest absolute Gasteiger partial charge is 0.246 e. The van der Waals surface area contributed by atoms with E-state index in [1.54, 1.807) is 18.2 Å². The van der Waals surface area contributed by atoms with Crippen LogP contribution in [0.4, 0.5) is 5.69 Å². The molecule has 8 heteroatoms. The molecule has 2 aromatic rings. The number of halogens is 1. The summed E-state index contributed by atoms with van der Waals surface area (Å²) in [6.45, 7) is 1.18. The minimum absolute atomic E-state index is 0.116. The third-order valence-electron chi connectivity index (χ3n) is 2.64. The molecule has 0 aliphatic carbocycles. The van der Waals surface area contributed by atoms with E-state index in [-0.39, 0.29) is 12.5 Å². The molecule has 20 heavy (non-hydrogen) atoms. The fourth-order valence-corrected chi connectivity index (χ4v) is 2.22. The van der Waals surface area contributed by atoms with Crippen LogP contribution in [0.1, 0.15) is 0 Å². The van der Waals surface area contributed by atoms with Gasteiger partial charge in [-0.1, -0.05) is 0 Å². The Bertz CT molecular complexity index is 643. The molecule has 0 radical (unpaired) electrons. The van der Waals surface area contributed by atoms with Crippen molar-refractivity contribution >= 4 is 34.2 Å². The highest BCUT2D eigenvalue weighted by atomic mass is 127. The Morgan fingerprint density at radius 3 is 2.90 bits per heavy atom. The van der Waals surface area contributed by atoms with Crippen molar-refractivity contribution in [3.8, 4) is 11.5 Å². The van der Waals surface area contributed by atoms with Gasteiger partial charge in [0.05, 0.1) is 0 Å². The number of nitrogens with one attached hydrogen (secondary N) is 1. The number of aromatic nitrogens is 3. The molecule has 0 unspecified atom stereocenters. The van der Waals surface area contributed by atoms with E-state index in [4.69, 9.17) is 9.47 Å². The standard InChI is InChI=1S/C12H11IN4O3/c13-12-14-7-17(16-12)6-11(18)15-8-1-2-9-10(5-8)20-4-3-19-9/h1-2,5,7H,3-4,6H2,(H,15,18). The summed E-state index contributed by atoms with van der Waals surface area (Å²) in [6, 6.07) is 5.30. The number of nitrogens with zero attached hydrogens (tertiary/aromatic N) is 3. The number of anilines is 1. The minimum atomic E-state index is -0.178. The summed E-state index contributed by atoms with van der Waals surface area (Å²) in [7, 11) is 0. The lowest BCUT2D eigenvalue weighted by molar-refractivity contribution is -0.116. The van der Waals surface area contributed by atoms with E-state index in [0.29, 0.717) is 34.2 Å². The first-order valence-corrected chi connectivity index (χ1v) is 7.03. The number of hydrogen-bond donors (Lipinski definition) is 1. The number of amides is 1. The fourth-order valence-electron chi connectivity index (χ4n) is 1.82. The average molecular weight is 386 g/mol. The zero-order chi connectivity index (χ0) is 13.9. The van der Waals surface area contributed by atoms with Gasteiger partial charge < -0.3 is 14.8 Å². The van der Waals surface area contributed by atoms with Gasteiger partial charge in [-0.15, -0.1) is 5.10 Å². The molecule has 1 aliphatic rings. The van der Waals surface area contributed by atoms with E-state index in [9.17, 15) is 4.79 Å². The first-order valence-electron chi connectivity index (χ1n) is 5.95. The van der Waals surface area contributed by atoms with Crippen molar-refractivity contribution in [2.24, 2.45) is 0 Å². The third kappa shape index (κ3) is 3.00. The van der Waals surface area contributed by atoms with Crippen LogP contribution in [0.3, 0.4) is 0 Å². The van der Waals surface area contributed by atoms with Gasteiger partial charge in [-0.2, -0.15) is 0 Å².